The van der Waals surface area contributed by atoms with E-state index in [4.69, 9.17) is 4.98 Å². The molecule has 1 aliphatic carbocycles. The molecular formula is C23H31N7O. The second-order valence-electron chi connectivity index (χ2n) is 8.93. The second kappa shape index (κ2) is 8.42. The summed E-state index contributed by atoms with van der Waals surface area (Å²) in [5.41, 5.74) is 2.20. The Morgan fingerprint density at radius 3 is 2.58 bits per heavy atom. The molecule has 0 radical (unpaired) electrons. The van der Waals surface area contributed by atoms with Crippen LogP contribution >= 0.6 is 0 Å². The zero-order valence-electron chi connectivity index (χ0n) is 18.3. The number of hydrogen-bond donors (Lipinski definition) is 2. The summed E-state index contributed by atoms with van der Waals surface area (Å²) >= 11 is 0. The number of nitrogens with one attached hydrogen (secondary N) is 2. The van der Waals surface area contributed by atoms with Gasteiger partial charge in [-0.2, -0.15) is 4.98 Å². The van der Waals surface area contributed by atoms with Gasteiger partial charge in [0.25, 0.3) is 0 Å². The Labute approximate surface area is 183 Å². The van der Waals surface area contributed by atoms with E-state index in [2.05, 4.69) is 43.4 Å². The van der Waals surface area contributed by atoms with Crippen molar-refractivity contribution in [2.75, 3.05) is 41.3 Å². The van der Waals surface area contributed by atoms with Crippen molar-refractivity contribution in [2.45, 2.75) is 57.5 Å². The Balaban J connectivity index is 1.38. The van der Waals surface area contributed by atoms with Crippen molar-refractivity contribution in [3.8, 4) is 0 Å². The van der Waals surface area contributed by atoms with Crippen molar-refractivity contribution in [3.63, 3.8) is 0 Å². The van der Waals surface area contributed by atoms with Crippen molar-refractivity contribution < 1.29 is 4.79 Å². The molecule has 0 bridgehead atoms. The number of carbonyl (C=O) groups excluding carboxylic acids is 1. The highest BCUT2D eigenvalue weighted by Crippen LogP contribution is 2.44. The number of pyridine rings is 1. The standard InChI is InChI=1S/C23H31N7O/c1-15-19-14-26-23(27-20-8-7-18(13-25-20)29-11-9-24-10-12-29)28-22(19)30(21(15)16(2)31)17-5-3-4-6-17/h7-8,13-15,17,21,24H,3-6,9-12H2,1-2H3,(H,25,26,27,28). The number of anilines is 4. The lowest BCUT2D eigenvalue weighted by atomic mass is 9.96. The Bertz CT molecular complexity index is 935. The Morgan fingerprint density at radius 2 is 1.90 bits per heavy atom. The van der Waals surface area contributed by atoms with Crippen LogP contribution in [0, 0.1) is 0 Å². The lowest BCUT2D eigenvalue weighted by Crippen LogP contribution is -2.44. The minimum Gasteiger partial charge on any atom is -0.368 e. The summed E-state index contributed by atoms with van der Waals surface area (Å²) in [6, 6.07) is 4.31. The summed E-state index contributed by atoms with van der Waals surface area (Å²) in [6.45, 7) is 7.81. The van der Waals surface area contributed by atoms with Crippen molar-refractivity contribution in [1.29, 1.82) is 0 Å². The zero-order valence-corrected chi connectivity index (χ0v) is 18.3. The van der Waals surface area contributed by atoms with E-state index in [9.17, 15) is 4.79 Å². The van der Waals surface area contributed by atoms with E-state index in [1.54, 1.807) is 6.92 Å². The van der Waals surface area contributed by atoms with Gasteiger partial charge in [0.1, 0.15) is 11.6 Å². The largest absolute Gasteiger partial charge is 0.368 e. The highest BCUT2D eigenvalue weighted by Gasteiger charge is 2.44. The summed E-state index contributed by atoms with van der Waals surface area (Å²) in [7, 11) is 0. The molecule has 4 heterocycles. The van der Waals surface area contributed by atoms with E-state index < -0.39 is 0 Å². The Kier molecular flexibility index (Phi) is 5.48. The van der Waals surface area contributed by atoms with Gasteiger partial charge in [0.2, 0.25) is 5.95 Å². The van der Waals surface area contributed by atoms with Crippen LogP contribution in [0.3, 0.4) is 0 Å². The summed E-state index contributed by atoms with van der Waals surface area (Å²) < 4.78 is 0. The fourth-order valence-corrected chi connectivity index (χ4v) is 5.33. The molecule has 0 amide bonds. The van der Waals surface area contributed by atoms with Crippen molar-refractivity contribution in [1.82, 2.24) is 20.3 Å². The van der Waals surface area contributed by atoms with Crippen molar-refractivity contribution in [2.24, 2.45) is 0 Å². The number of hydrogen-bond acceptors (Lipinski definition) is 8. The van der Waals surface area contributed by atoms with Gasteiger partial charge in [-0.05, 0) is 31.9 Å². The van der Waals surface area contributed by atoms with Gasteiger partial charge in [0.05, 0.1) is 17.9 Å². The third-order valence-corrected chi connectivity index (χ3v) is 6.91. The number of fused-ring (bicyclic) bond motifs is 1. The van der Waals surface area contributed by atoms with Crippen molar-refractivity contribution >= 4 is 29.1 Å². The van der Waals surface area contributed by atoms with E-state index >= 15 is 0 Å². The molecule has 8 heteroatoms. The summed E-state index contributed by atoms with van der Waals surface area (Å²) in [5, 5.41) is 6.63. The monoisotopic (exact) mass is 421 g/mol. The molecule has 0 aromatic carbocycles. The predicted molar refractivity (Wildman–Crippen MR) is 122 cm³/mol. The second-order valence-corrected chi connectivity index (χ2v) is 8.93. The lowest BCUT2D eigenvalue weighted by molar-refractivity contribution is -0.118. The highest BCUT2D eigenvalue weighted by atomic mass is 16.1. The zero-order chi connectivity index (χ0) is 21.4. The minimum absolute atomic E-state index is 0.110. The molecule has 1 saturated carbocycles. The lowest BCUT2D eigenvalue weighted by Gasteiger charge is -2.32. The van der Waals surface area contributed by atoms with Crippen LogP contribution < -0.4 is 20.4 Å². The smallest absolute Gasteiger partial charge is 0.230 e. The van der Waals surface area contributed by atoms with Crippen LogP contribution in [0.5, 0.6) is 0 Å². The Hall–Kier alpha value is -2.74. The van der Waals surface area contributed by atoms with Gasteiger partial charge in [-0.25, -0.2) is 9.97 Å². The van der Waals surface area contributed by atoms with Gasteiger partial charge in [-0.1, -0.05) is 19.8 Å². The molecule has 164 valence electrons. The maximum atomic E-state index is 12.5. The van der Waals surface area contributed by atoms with E-state index in [1.807, 2.05) is 18.5 Å². The molecule has 2 fully saturated rings. The van der Waals surface area contributed by atoms with Gasteiger partial charge in [0, 0.05) is 49.9 Å². The highest BCUT2D eigenvalue weighted by molar-refractivity contribution is 5.89. The minimum atomic E-state index is -0.140. The van der Waals surface area contributed by atoms with Crippen LogP contribution in [0.2, 0.25) is 0 Å². The van der Waals surface area contributed by atoms with Crippen LogP contribution in [-0.4, -0.2) is 59.0 Å². The van der Waals surface area contributed by atoms with Crippen LogP contribution in [0.1, 0.15) is 51.0 Å². The molecule has 3 aliphatic rings. The van der Waals surface area contributed by atoms with Crippen LogP contribution in [0.15, 0.2) is 24.5 Å². The third kappa shape index (κ3) is 3.84. The SMILES string of the molecule is CC(=O)C1C(C)c2cnc(Nc3ccc(N4CCNCC4)cn3)nc2N1C1CCCC1. The quantitative estimate of drug-likeness (QED) is 0.762. The molecule has 2 aromatic rings. The molecule has 2 N–H and O–H groups in total. The topological polar surface area (TPSA) is 86.3 Å². The number of Topliss-reactive ketones (excluding diaryl/α,β-unsaturated/α-hetero) is 1. The van der Waals surface area contributed by atoms with Gasteiger partial charge in [0.15, 0.2) is 5.78 Å². The number of ketones is 1. The summed E-state index contributed by atoms with van der Waals surface area (Å²) in [6.07, 6.45) is 8.47. The third-order valence-electron chi connectivity index (χ3n) is 6.91. The summed E-state index contributed by atoms with van der Waals surface area (Å²) in [5.74, 6) is 2.48. The van der Waals surface area contributed by atoms with E-state index in [-0.39, 0.29) is 17.7 Å². The first-order chi connectivity index (χ1) is 15.1. The van der Waals surface area contributed by atoms with Crippen LogP contribution in [-0.2, 0) is 4.79 Å². The Morgan fingerprint density at radius 1 is 1.13 bits per heavy atom. The number of nitrogens with zero attached hydrogens (tertiary/aromatic N) is 5. The van der Waals surface area contributed by atoms with Gasteiger partial charge in [-0.3, -0.25) is 4.79 Å². The maximum Gasteiger partial charge on any atom is 0.230 e. The van der Waals surface area contributed by atoms with E-state index in [0.29, 0.717) is 12.0 Å². The first-order valence-electron chi connectivity index (χ1n) is 11.5. The van der Waals surface area contributed by atoms with Crippen molar-refractivity contribution in [3.05, 3.63) is 30.1 Å². The van der Waals surface area contributed by atoms with Gasteiger partial charge >= 0.3 is 0 Å². The molecule has 0 spiro atoms. The number of rotatable bonds is 5. The normalized spacial score (nSPS) is 23.8. The fourth-order valence-electron chi connectivity index (χ4n) is 5.33. The van der Waals surface area contributed by atoms with Gasteiger partial charge < -0.3 is 20.4 Å². The van der Waals surface area contributed by atoms with Gasteiger partial charge in [-0.15, -0.1) is 0 Å². The fraction of sp³-hybridized carbons (Fsp3) is 0.565. The molecule has 2 aromatic heterocycles. The van der Waals surface area contributed by atoms with Crippen LogP contribution in [0.25, 0.3) is 0 Å². The maximum absolute atomic E-state index is 12.5. The number of aromatic nitrogens is 3. The molecule has 8 nitrogen and oxygen atoms in total. The average Bonchev–Trinajstić information content (AvgIpc) is 3.41. The molecule has 1 saturated heterocycles. The summed E-state index contributed by atoms with van der Waals surface area (Å²) in [4.78, 5) is 31.1. The molecular weight excluding hydrogens is 390 g/mol. The molecule has 2 aliphatic heterocycles. The molecule has 2 atom stereocenters. The number of carbonyl (C=O) groups is 1. The number of piperazine rings is 1. The average molecular weight is 422 g/mol. The van der Waals surface area contributed by atoms with Crippen LogP contribution in [0.4, 0.5) is 23.3 Å². The molecule has 2 unspecified atom stereocenters. The molecule has 5 rings (SSSR count). The van der Waals surface area contributed by atoms with E-state index in [0.717, 1.165) is 61.9 Å². The molecule has 31 heavy (non-hydrogen) atoms. The first-order valence-corrected chi connectivity index (χ1v) is 11.5. The first kappa shape index (κ1) is 20.2. The van der Waals surface area contributed by atoms with E-state index in [1.165, 1.54) is 12.8 Å². The predicted octanol–water partition coefficient (Wildman–Crippen LogP) is 2.85.